The van der Waals surface area contributed by atoms with Gasteiger partial charge in [0.2, 0.25) is 0 Å². The van der Waals surface area contributed by atoms with Gasteiger partial charge in [0.15, 0.2) is 5.84 Å². The van der Waals surface area contributed by atoms with E-state index in [-0.39, 0.29) is 0 Å². The molecule has 0 spiro atoms. The van der Waals surface area contributed by atoms with Crippen molar-refractivity contribution in [2.45, 2.75) is 6.17 Å². The van der Waals surface area contributed by atoms with Gasteiger partial charge in [-0.3, -0.25) is 0 Å². The topological polar surface area (TPSA) is 49.9 Å². The number of nitrogens with one attached hydrogen (secondary N) is 1. The van der Waals surface area contributed by atoms with Crippen molar-refractivity contribution in [3.8, 4) is 11.1 Å². The average Bonchev–Trinajstić information content (AvgIpc) is 3.94. The van der Waals surface area contributed by atoms with Gasteiger partial charge < -0.3 is 9.73 Å². The predicted molar refractivity (Wildman–Crippen MR) is 234 cm³/mol. The van der Waals surface area contributed by atoms with Crippen LogP contribution in [0, 0.1) is 0 Å². The molecule has 3 aromatic heterocycles. The fourth-order valence-corrected chi connectivity index (χ4v) is 10.7. The van der Waals surface area contributed by atoms with Gasteiger partial charge in [0.05, 0.1) is 0 Å². The van der Waals surface area contributed by atoms with Crippen LogP contribution in [-0.2, 0) is 0 Å². The number of hydrogen-bond donors (Lipinski definition) is 1. The average molecular weight is 740 g/mol. The largest absolute Gasteiger partial charge is 0.456 e. The minimum Gasteiger partial charge on any atom is -0.456 e. The Morgan fingerprint density at radius 2 is 1.15 bits per heavy atom. The van der Waals surface area contributed by atoms with E-state index in [9.17, 15) is 0 Å². The number of hydrogen-bond acceptors (Lipinski definition) is 6. The molecule has 0 saturated heterocycles. The van der Waals surface area contributed by atoms with Crippen LogP contribution in [0.3, 0.4) is 0 Å². The van der Waals surface area contributed by atoms with Crippen LogP contribution in [0.1, 0.15) is 22.9 Å². The van der Waals surface area contributed by atoms with Crippen LogP contribution >= 0.6 is 22.7 Å². The standard InChI is InChI=1S/C49H29N3OS2/c1-2-12-29-25-30(24-23-28(29)11-1)47-50-48(36-17-10-22-43-46(36)35-15-5-8-20-41(35)55-43)52-49(51-47)37-26-31(27-39-44(37)33-13-3-6-18-38(33)53-39)32-16-9-21-42-45(32)34-14-4-7-19-40(34)54-42/h1-27,48H,(H,50,51,52). The van der Waals surface area contributed by atoms with Crippen LogP contribution < -0.4 is 5.32 Å². The van der Waals surface area contributed by atoms with Crippen molar-refractivity contribution in [2.24, 2.45) is 9.98 Å². The third kappa shape index (κ3) is 4.82. The molecule has 0 fully saturated rings. The second-order valence-corrected chi connectivity index (χ2v) is 16.3. The number of thiophene rings is 2. The predicted octanol–water partition coefficient (Wildman–Crippen LogP) is 13.6. The molecule has 1 aliphatic heterocycles. The van der Waals surface area contributed by atoms with E-state index in [1.807, 2.05) is 34.8 Å². The molecular formula is C49H29N3OS2. The van der Waals surface area contributed by atoms with Gasteiger partial charge in [0.25, 0.3) is 0 Å². The summed E-state index contributed by atoms with van der Waals surface area (Å²) in [6, 6.07) is 58.4. The Hall–Kier alpha value is -6.60. The van der Waals surface area contributed by atoms with E-state index < -0.39 is 6.17 Å². The lowest BCUT2D eigenvalue weighted by atomic mass is 9.95. The Morgan fingerprint density at radius 1 is 0.473 bits per heavy atom. The summed E-state index contributed by atoms with van der Waals surface area (Å²) in [6.07, 6.45) is -0.392. The van der Waals surface area contributed by atoms with Gasteiger partial charge in [0.1, 0.15) is 23.2 Å². The maximum Gasteiger partial charge on any atom is 0.160 e. The second kappa shape index (κ2) is 12.0. The molecule has 1 aliphatic rings. The molecule has 12 rings (SSSR count). The Kier molecular flexibility index (Phi) is 6.70. The monoisotopic (exact) mass is 739 g/mol. The van der Waals surface area contributed by atoms with Gasteiger partial charge in [-0.25, -0.2) is 9.98 Å². The third-order valence-electron chi connectivity index (χ3n) is 10.9. The summed E-state index contributed by atoms with van der Waals surface area (Å²) in [5, 5.41) is 13.2. The molecule has 8 aromatic carbocycles. The molecule has 0 radical (unpaired) electrons. The van der Waals surface area contributed by atoms with E-state index in [1.54, 1.807) is 0 Å². The first-order valence-corrected chi connectivity index (χ1v) is 20.1. The van der Waals surface area contributed by atoms with Gasteiger partial charge in [-0.2, -0.15) is 0 Å². The smallest absolute Gasteiger partial charge is 0.160 e. The van der Waals surface area contributed by atoms with Gasteiger partial charge in [-0.1, -0.05) is 115 Å². The molecule has 11 aromatic rings. The van der Waals surface area contributed by atoms with Gasteiger partial charge in [-0.05, 0) is 70.4 Å². The van der Waals surface area contributed by atoms with Crippen molar-refractivity contribution in [3.63, 3.8) is 0 Å². The number of rotatable bonds is 4. The Morgan fingerprint density at radius 3 is 1.98 bits per heavy atom. The number of amidine groups is 2. The molecule has 1 N–H and O–H groups in total. The van der Waals surface area contributed by atoms with Gasteiger partial charge in [-0.15, -0.1) is 22.7 Å². The summed E-state index contributed by atoms with van der Waals surface area (Å²) in [5.41, 5.74) is 6.98. The maximum absolute atomic E-state index is 6.68. The van der Waals surface area contributed by atoms with E-state index in [2.05, 4.69) is 157 Å². The molecule has 55 heavy (non-hydrogen) atoms. The molecular weight excluding hydrogens is 711 g/mol. The highest BCUT2D eigenvalue weighted by Gasteiger charge is 2.27. The van der Waals surface area contributed by atoms with Crippen molar-refractivity contribution in [2.75, 3.05) is 0 Å². The minimum atomic E-state index is -0.392. The van der Waals surface area contributed by atoms with Crippen molar-refractivity contribution >= 4 is 107 Å². The van der Waals surface area contributed by atoms with Crippen LogP contribution in [0.15, 0.2) is 178 Å². The molecule has 6 heteroatoms. The van der Waals surface area contributed by atoms with E-state index in [0.29, 0.717) is 5.84 Å². The molecule has 1 unspecified atom stereocenters. The number of fused-ring (bicyclic) bond motifs is 10. The van der Waals surface area contributed by atoms with E-state index >= 15 is 0 Å². The molecule has 0 amide bonds. The lowest BCUT2D eigenvalue weighted by Gasteiger charge is -2.25. The van der Waals surface area contributed by atoms with E-state index in [4.69, 9.17) is 14.4 Å². The molecule has 4 heterocycles. The second-order valence-electron chi connectivity index (χ2n) is 14.1. The fourth-order valence-electron chi connectivity index (χ4n) is 8.44. The zero-order valence-corrected chi connectivity index (χ0v) is 30.9. The molecule has 0 bridgehead atoms. The fraction of sp³-hybridized carbons (Fsp3) is 0.0204. The molecule has 0 saturated carbocycles. The number of nitrogens with zero attached hydrogens (tertiary/aromatic N) is 2. The van der Waals surface area contributed by atoms with Crippen molar-refractivity contribution in [1.29, 1.82) is 0 Å². The number of aliphatic imine (C=N–C) groups is 2. The zero-order valence-electron chi connectivity index (χ0n) is 29.3. The number of para-hydroxylation sites is 1. The van der Waals surface area contributed by atoms with Crippen LogP contribution in [0.5, 0.6) is 0 Å². The highest BCUT2D eigenvalue weighted by Crippen LogP contribution is 2.44. The lowest BCUT2D eigenvalue weighted by Crippen LogP contribution is -2.33. The highest BCUT2D eigenvalue weighted by molar-refractivity contribution is 7.26. The lowest BCUT2D eigenvalue weighted by molar-refractivity contribution is 0.668. The summed E-state index contributed by atoms with van der Waals surface area (Å²) in [4.78, 5) is 11.0. The summed E-state index contributed by atoms with van der Waals surface area (Å²) < 4.78 is 11.7. The van der Waals surface area contributed by atoms with Crippen molar-refractivity contribution in [3.05, 3.63) is 180 Å². The first-order chi connectivity index (χ1) is 27.2. The first kappa shape index (κ1) is 30.8. The molecule has 258 valence electrons. The third-order valence-corrected chi connectivity index (χ3v) is 13.2. The van der Waals surface area contributed by atoms with Crippen molar-refractivity contribution < 1.29 is 4.42 Å². The van der Waals surface area contributed by atoms with Crippen molar-refractivity contribution in [1.82, 2.24) is 5.32 Å². The Balaban J connectivity index is 1.15. The van der Waals surface area contributed by atoms with Gasteiger partial charge in [0, 0.05) is 67.8 Å². The zero-order chi connectivity index (χ0) is 36.0. The first-order valence-electron chi connectivity index (χ1n) is 18.4. The van der Waals surface area contributed by atoms with E-state index in [1.165, 1.54) is 45.7 Å². The number of benzene rings is 8. The molecule has 1 atom stereocenters. The summed E-state index contributed by atoms with van der Waals surface area (Å²) >= 11 is 3.66. The van der Waals surface area contributed by atoms with Crippen LogP contribution in [0.25, 0.3) is 84.2 Å². The number of furan rings is 1. The minimum absolute atomic E-state index is 0.392. The maximum atomic E-state index is 6.68. The molecule has 4 nitrogen and oxygen atoms in total. The highest BCUT2D eigenvalue weighted by atomic mass is 32.1. The van der Waals surface area contributed by atoms with Gasteiger partial charge >= 0.3 is 0 Å². The SMILES string of the molecule is c1ccc2cc(C3=NC(c4cc(-c5cccc6sc7ccccc7c56)cc5oc6ccccc6c45)=NC(c4cccc5sc6ccccc6c45)N3)ccc2c1. The normalized spacial score (nSPS) is 14.7. The summed E-state index contributed by atoms with van der Waals surface area (Å²) in [6.45, 7) is 0. The Bertz CT molecular complexity index is 3440. The molecule has 0 aliphatic carbocycles. The summed E-state index contributed by atoms with van der Waals surface area (Å²) in [7, 11) is 0. The Labute approximate surface area is 323 Å². The quantitative estimate of drug-likeness (QED) is 0.195. The van der Waals surface area contributed by atoms with Crippen LogP contribution in [0.2, 0.25) is 0 Å². The summed E-state index contributed by atoms with van der Waals surface area (Å²) in [5.74, 6) is 1.46. The van der Waals surface area contributed by atoms with E-state index in [0.717, 1.165) is 61.0 Å². The van der Waals surface area contributed by atoms with Crippen LogP contribution in [-0.4, -0.2) is 11.7 Å². The van der Waals surface area contributed by atoms with Crippen LogP contribution in [0.4, 0.5) is 0 Å².